The first kappa shape index (κ1) is 15.5. The number of nitrogens with zero attached hydrogens (tertiary/aromatic N) is 2. The van der Waals surface area contributed by atoms with Crippen LogP contribution in [0.25, 0.3) is 4.85 Å². The molecule has 1 aromatic carbocycles. The number of methoxy groups -OCH3 is 2. The molecule has 0 aliphatic rings. The van der Waals surface area contributed by atoms with E-state index in [9.17, 15) is 4.79 Å². The van der Waals surface area contributed by atoms with Gasteiger partial charge in [0.2, 0.25) is 0 Å². The van der Waals surface area contributed by atoms with Crippen LogP contribution in [0.3, 0.4) is 0 Å². The summed E-state index contributed by atoms with van der Waals surface area (Å²) < 4.78 is 15.0. The second-order valence-electron chi connectivity index (χ2n) is 3.64. The van der Waals surface area contributed by atoms with Crippen LogP contribution in [-0.2, 0) is 9.53 Å². The second-order valence-corrected chi connectivity index (χ2v) is 3.64. The van der Waals surface area contributed by atoms with E-state index in [0.29, 0.717) is 17.2 Å². The molecule has 0 saturated heterocycles. The fourth-order valence-electron chi connectivity index (χ4n) is 1.44. The molecule has 0 aliphatic carbocycles. The maximum atomic E-state index is 11.4. The summed E-state index contributed by atoms with van der Waals surface area (Å²) in [4.78, 5) is 18.7. The standard InChI is InChI=1S/C14H16N2O4/c1-5-20-14(17)11(15-2)9-16-10-6-7-12(18-3)13(8-10)19-4/h6-9,11H,5H2,1,3-4H3. The van der Waals surface area contributed by atoms with Gasteiger partial charge < -0.3 is 14.2 Å². The van der Waals surface area contributed by atoms with Crippen LogP contribution in [0.5, 0.6) is 11.5 Å². The van der Waals surface area contributed by atoms with Crippen LogP contribution in [0.1, 0.15) is 6.92 Å². The lowest BCUT2D eigenvalue weighted by molar-refractivity contribution is -0.141. The first-order valence-electron chi connectivity index (χ1n) is 5.95. The van der Waals surface area contributed by atoms with Gasteiger partial charge in [-0.1, -0.05) is 0 Å². The monoisotopic (exact) mass is 276 g/mol. The number of carbonyl (C=O) groups is 1. The third-order valence-corrected chi connectivity index (χ3v) is 2.40. The van der Waals surface area contributed by atoms with Crippen LogP contribution in [-0.4, -0.2) is 39.1 Å². The summed E-state index contributed by atoms with van der Waals surface area (Å²) >= 11 is 0. The van der Waals surface area contributed by atoms with Crippen molar-refractivity contribution >= 4 is 17.9 Å². The Morgan fingerprint density at radius 3 is 2.65 bits per heavy atom. The van der Waals surface area contributed by atoms with Gasteiger partial charge in [0.25, 0.3) is 0 Å². The maximum Gasteiger partial charge on any atom is 0.396 e. The predicted octanol–water partition coefficient (Wildman–Crippen LogP) is 2.26. The van der Waals surface area contributed by atoms with Gasteiger partial charge in [-0.3, -0.25) is 9.84 Å². The molecular formula is C14H16N2O4. The minimum absolute atomic E-state index is 0.231. The highest BCUT2D eigenvalue weighted by Gasteiger charge is 2.22. The lowest BCUT2D eigenvalue weighted by Crippen LogP contribution is -2.21. The van der Waals surface area contributed by atoms with Crippen molar-refractivity contribution in [3.63, 3.8) is 0 Å². The van der Waals surface area contributed by atoms with Crippen molar-refractivity contribution in [3.05, 3.63) is 29.6 Å². The maximum absolute atomic E-state index is 11.4. The van der Waals surface area contributed by atoms with Crippen molar-refractivity contribution in [2.75, 3.05) is 20.8 Å². The van der Waals surface area contributed by atoms with Crippen LogP contribution in [0.15, 0.2) is 23.2 Å². The molecule has 0 heterocycles. The Morgan fingerprint density at radius 2 is 2.10 bits per heavy atom. The van der Waals surface area contributed by atoms with E-state index in [1.165, 1.54) is 20.4 Å². The zero-order valence-corrected chi connectivity index (χ0v) is 11.6. The van der Waals surface area contributed by atoms with E-state index in [-0.39, 0.29) is 6.61 Å². The van der Waals surface area contributed by atoms with E-state index in [2.05, 4.69) is 9.84 Å². The molecule has 0 N–H and O–H groups in total. The van der Waals surface area contributed by atoms with Gasteiger partial charge in [0.05, 0.1) is 32.7 Å². The Morgan fingerprint density at radius 1 is 1.40 bits per heavy atom. The molecule has 0 amide bonds. The molecule has 0 fully saturated rings. The molecule has 0 bridgehead atoms. The van der Waals surface area contributed by atoms with Crippen LogP contribution in [0, 0.1) is 6.57 Å². The topological polar surface area (TPSA) is 61.5 Å². The number of hydrogen-bond acceptors (Lipinski definition) is 5. The van der Waals surface area contributed by atoms with Gasteiger partial charge in [-0.05, 0) is 19.1 Å². The van der Waals surface area contributed by atoms with E-state index < -0.39 is 12.0 Å². The molecular weight excluding hydrogens is 260 g/mol. The largest absolute Gasteiger partial charge is 0.493 e. The Kier molecular flexibility index (Phi) is 6.04. The average Bonchev–Trinajstić information content (AvgIpc) is 2.47. The molecule has 0 spiro atoms. The molecule has 6 nitrogen and oxygen atoms in total. The van der Waals surface area contributed by atoms with E-state index in [1.54, 1.807) is 25.1 Å². The van der Waals surface area contributed by atoms with Crippen molar-refractivity contribution in [3.8, 4) is 11.5 Å². The SMILES string of the molecule is [C-]#[N+]C(C=Nc1ccc(OC)c(OC)c1)C(=O)OCC. The highest BCUT2D eigenvalue weighted by Crippen LogP contribution is 2.30. The zero-order chi connectivity index (χ0) is 15.0. The Hall–Kier alpha value is -2.55. The summed E-state index contributed by atoms with van der Waals surface area (Å²) in [7, 11) is 3.06. The number of rotatable bonds is 6. The summed E-state index contributed by atoms with van der Waals surface area (Å²) in [5.74, 6) is 0.503. The van der Waals surface area contributed by atoms with Gasteiger partial charge in [-0.2, -0.15) is 0 Å². The Balaban J connectivity index is 2.89. The summed E-state index contributed by atoms with van der Waals surface area (Å²) in [5, 5.41) is 0. The van der Waals surface area contributed by atoms with Crippen LogP contribution in [0.4, 0.5) is 5.69 Å². The highest BCUT2D eigenvalue weighted by atomic mass is 16.5. The molecule has 0 saturated carbocycles. The predicted molar refractivity (Wildman–Crippen MR) is 74.7 cm³/mol. The Labute approximate surface area is 117 Å². The zero-order valence-electron chi connectivity index (χ0n) is 11.6. The molecule has 1 rings (SSSR count). The number of aliphatic imine (C=N–C) groups is 1. The molecule has 1 atom stereocenters. The van der Waals surface area contributed by atoms with Gasteiger partial charge in [-0.25, -0.2) is 11.4 Å². The van der Waals surface area contributed by atoms with Crippen molar-refractivity contribution < 1.29 is 19.0 Å². The number of benzene rings is 1. The summed E-state index contributed by atoms with van der Waals surface area (Å²) in [6, 6.07) is 4.01. The molecule has 1 aromatic rings. The van der Waals surface area contributed by atoms with Crippen LogP contribution < -0.4 is 9.47 Å². The lowest BCUT2D eigenvalue weighted by atomic mass is 10.2. The smallest absolute Gasteiger partial charge is 0.396 e. The minimum Gasteiger partial charge on any atom is -0.493 e. The van der Waals surface area contributed by atoms with E-state index >= 15 is 0 Å². The molecule has 106 valence electrons. The fourth-order valence-corrected chi connectivity index (χ4v) is 1.44. The molecule has 6 heteroatoms. The van der Waals surface area contributed by atoms with Crippen molar-refractivity contribution in [2.45, 2.75) is 13.0 Å². The normalized spacial score (nSPS) is 11.7. The molecule has 20 heavy (non-hydrogen) atoms. The van der Waals surface area contributed by atoms with E-state index in [4.69, 9.17) is 20.8 Å². The van der Waals surface area contributed by atoms with Crippen LogP contribution >= 0.6 is 0 Å². The lowest BCUT2D eigenvalue weighted by Gasteiger charge is -2.07. The van der Waals surface area contributed by atoms with Gasteiger partial charge in [-0.15, -0.1) is 0 Å². The van der Waals surface area contributed by atoms with E-state index in [0.717, 1.165) is 0 Å². The first-order valence-corrected chi connectivity index (χ1v) is 5.95. The van der Waals surface area contributed by atoms with Crippen molar-refractivity contribution in [1.82, 2.24) is 0 Å². The molecule has 0 aromatic heterocycles. The average molecular weight is 276 g/mol. The van der Waals surface area contributed by atoms with Gasteiger partial charge >= 0.3 is 12.0 Å². The van der Waals surface area contributed by atoms with Gasteiger partial charge in [0.1, 0.15) is 0 Å². The molecule has 0 radical (unpaired) electrons. The second kappa shape index (κ2) is 7.79. The summed E-state index contributed by atoms with van der Waals surface area (Å²) in [6.07, 6.45) is 1.26. The highest BCUT2D eigenvalue weighted by molar-refractivity contribution is 5.97. The fraction of sp³-hybridized carbons (Fsp3) is 0.357. The number of carbonyl (C=O) groups excluding carboxylic acids is 1. The minimum atomic E-state index is -1.04. The quantitative estimate of drug-likeness (QED) is 0.454. The summed E-state index contributed by atoms with van der Waals surface area (Å²) in [5.41, 5.74) is 0.556. The number of ether oxygens (including phenoxy) is 3. The molecule has 1 unspecified atom stereocenters. The first-order chi connectivity index (χ1) is 9.65. The van der Waals surface area contributed by atoms with Gasteiger partial charge in [0, 0.05) is 6.07 Å². The number of esters is 1. The van der Waals surface area contributed by atoms with Crippen LogP contribution in [0.2, 0.25) is 0 Å². The van der Waals surface area contributed by atoms with Crippen molar-refractivity contribution in [2.24, 2.45) is 4.99 Å². The summed E-state index contributed by atoms with van der Waals surface area (Å²) in [6.45, 7) is 8.88. The Bertz CT molecular complexity index is 534. The number of hydrogen-bond donors (Lipinski definition) is 0. The van der Waals surface area contributed by atoms with Gasteiger partial charge in [0.15, 0.2) is 11.5 Å². The third-order valence-electron chi connectivity index (χ3n) is 2.40. The third kappa shape index (κ3) is 3.99. The molecule has 0 aliphatic heterocycles. The van der Waals surface area contributed by atoms with E-state index in [1.807, 2.05) is 0 Å². The van der Waals surface area contributed by atoms with Crippen molar-refractivity contribution in [1.29, 1.82) is 0 Å².